The Hall–Kier alpha value is -3.62. The number of nitrogens with one attached hydrogen (secondary N) is 3. The molecule has 0 spiro atoms. The zero-order valence-corrected chi connectivity index (χ0v) is 14.2. The van der Waals surface area contributed by atoms with Crippen LogP contribution in [0, 0.1) is 0 Å². The Morgan fingerprint density at radius 3 is 2.57 bits per heavy atom. The first-order valence-electron chi connectivity index (χ1n) is 8.26. The number of benzene rings is 2. The fourth-order valence-electron chi connectivity index (χ4n) is 2.88. The largest absolute Gasteiger partial charge is 0.416 e. The molecule has 0 aliphatic heterocycles. The molecule has 9 heteroatoms. The molecule has 0 aliphatic rings. The summed E-state index contributed by atoms with van der Waals surface area (Å²) in [5.74, 6) is 0. The van der Waals surface area contributed by atoms with E-state index >= 15 is 0 Å². The molecule has 1 heterocycles. The Morgan fingerprint density at radius 2 is 1.79 bits per heavy atom. The molecule has 0 fully saturated rings. The quantitative estimate of drug-likeness (QED) is 0.457. The molecule has 28 heavy (non-hydrogen) atoms. The summed E-state index contributed by atoms with van der Waals surface area (Å²) >= 11 is 0. The number of imidazole rings is 1. The van der Waals surface area contributed by atoms with E-state index in [1.165, 1.54) is 18.5 Å². The number of hydrogen-bond acceptors (Lipinski definition) is 5. The zero-order chi connectivity index (χ0) is 19.9. The van der Waals surface area contributed by atoms with Crippen molar-refractivity contribution in [1.82, 2.24) is 9.97 Å². The van der Waals surface area contributed by atoms with Gasteiger partial charge in [0.2, 0.25) is 0 Å². The number of hydrogen-bond donors (Lipinski definition) is 3. The first kappa shape index (κ1) is 17.8. The SMILES string of the molecule is O=c1c(NCc2cccc(C(F)(F)F)c2)c(Nc2ccc3[nH]cnc3c2)c1=O. The monoisotopic (exact) mass is 386 g/mol. The van der Waals surface area contributed by atoms with Gasteiger partial charge in [-0.2, -0.15) is 13.2 Å². The van der Waals surface area contributed by atoms with Crippen LogP contribution in [0.25, 0.3) is 11.0 Å². The molecule has 0 saturated heterocycles. The minimum Gasteiger partial charge on any atom is -0.376 e. The van der Waals surface area contributed by atoms with Crippen LogP contribution in [-0.4, -0.2) is 9.97 Å². The van der Waals surface area contributed by atoms with Crippen LogP contribution in [0.3, 0.4) is 0 Å². The maximum absolute atomic E-state index is 12.8. The average Bonchev–Trinajstić information content (AvgIpc) is 3.14. The second-order valence-electron chi connectivity index (χ2n) is 6.22. The Kier molecular flexibility index (Phi) is 4.14. The van der Waals surface area contributed by atoms with Gasteiger partial charge in [0.05, 0.1) is 22.9 Å². The lowest BCUT2D eigenvalue weighted by Crippen LogP contribution is -2.36. The highest BCUT2D eigenvalue weighted by atomic mass is 19.4. The number of aromatic nitrogens is 2. The third-order valence-corrected chi connectivity index (χ3v) is 4.32. The van der Waals surface area contributed by atoms with Crippen LogP contribution in [0.1, 0.15) is 11.1 Å². The van der Waals surface area contributed by atoms with Crippen LogP contribution in [-0.2, 0) is 12.7 Å². The molecule has 3 aromatic carbocycles. The average molecular weight is 386 g/mol. The highest BCUT2D eigenvalue weighted by Gasteiger charge is 2.30. The molecule has 142 valence electrons. The number of H-pyrrole nitrogens is 1. The molecule has 0 aliphatic carbocycles. The van der Waals surface area contributed by atoms with E-state index in [0.717, 1.165) is 17.6 Å². The highest BCUT2D eigenvalue weighted by molar-refractivity contribution is 5.84. The number of fused-ring (bicyclic) bond motifs is 1. The Morgan fingerprint density at radius 1 is 1.00 bits per heavy atom. The molecule has 0 bridgehead atoms. The minimum atomic E-state index is -4.45. The van der Waals surface area contributed by atoms with Gasteiger partial charge in [0, 0.05) is 12.2 Å². The zero-order valence-electron chi connectivity index (χ0n) is 14.2. The summed E-state index contributed by atoms with van der Waals surface area (Å²) in [7, 11) is 0. The molecule has 0 amide bonds. The van der Waals surface area contributed by atoms with E-state index in [2.05, 4.69) is 20.6 Å². The normalized spacial score (nSPS) is 11.8. The summed E-state index contributed by atoms with van der Waals surface area (Å²) in [5, 5.41) is 5.63. The molecule has 6 nitrogen and oxygen atoms in total. The van der Waals surface area contributed by atoms with Gasteiger partial charge in [-0.05, 0) is 35.9 Å². The van der Waals surface area contributed by atoms with Crippen molar-refractivity contribution in [2.24, 2.45) is 0 Å². The Labute approximate surface area is 155 Å². The standard InChI is InChI=1S/C19H13F3N4O2/c20-19(21,22)11-3-1-2-10(6-11)8-23-15-16(18(28)17(15)27)26-12-4-5-13-14(7-12)25-9-24-13/h1-7,9,23,26H,8H2,(H,24,25). The first-order chi connectivity index (χ1) is 13.3. The smallest absolute Gasteiger partial charge is 0.376 e. The van der Waals surface area contributed by atoms with E-state index in [1.807, 2.05) is 0 Å². The summed E-state index contributed by atoms with van der Waals surface area (Å²) < 4.78 is 38.4. The van der Waals surface area contributed by atoms with Crippen molar-refractivity contribution in [3.8, 4) is 0 Å². The molecular formula is C19H13F3N4O2. The molecular weight excluding hydrogens is 373 g/mol. The van der Waals surface area contributed by atoms with Crippen molar-refractivity contribution in [3.05, 3.63) is 80.4 Å². The van der Waals surface area contributed by atoms with Gasteiger partial charge < -0.3 is 15.6 Å². The van der Waals surface area contributed by atoms with E-state index in [-0.39, 0.29) is 17.9 Å². The van der Waals surface area contributed by atoms with Crippen LogP contribution >= 0.6 is 0 Å². The third kappa shape index (κ3) is 3.22. The van der Waals surface area contributed by atoms with Crippen molar-refractivity contribution in [2.45, 2.75) is 12.7 Å². The summed E-state index contributed by atoms with van der Waals surface area (Å²) in [6, 6.07) is 9.96. The number of anilines is 3. The lowest BCUT2D eigenvalue weighted by Gasteiger charge is -2.15. The van der Waals surface area contributed by atoms with Gasteiger partial charge in [-0.15, -0.1) is 0 Å². The van der Waals surface area contributed by atoms with Gasteiger partial charge in [0.15, 0.2) is 0 Å². The van der Waals surface area contributed by atoms with Crippen molar-refractivity contribution >= 4 is 28.1 Å². The van der Waals surface area contributed by atoms with Gasteiger partial charge in [-0.25, -0.2) is 4.98 Å². The summed E-state index contributed by atoms with van der Waals surface area (Å²) in [4.78, 5) is 30.8. The lowest BCUT2D eigenvalue weighted by molar-refractivity contribution is -0.137. The Bertz CT molecular complexity index is 1240. The van der Waals surface area contributed by atoms with Gasteiger partial charge in [0.25, 0.3) is 10.9 Å². The van der Waals surface area contributed by atoms with Crippen LogP contribution < -0.4 is 21.5 Å². The van der Waals surface area contributed by atoms with E-state index < -0.39 is 22.6 Å². The molecule has 0 atom stereocenters. The van der Waals surface area contributed by atoms with E-state index in [0.29, 0.717) is 16.8 Å². The molecule has 4 rings (SSSR count). The van der Waals surface area contributed by atoms with Crippen molar-refractivity contribution in [2.75, 3.05) is 10.6 Å². The van der Waals surface area contributed by atoms with Gasteiger partial charge in [-0.1, -0.05) is 12.1 Å². The number of rotatable bonds is 5. The lowest BCUT2D eigenvalue weighted by atomic mass is 10.1. The van der Waals surface area contributed by atoms with Gasteiger partial charge in [-0.3, -0.25) is 9.59 Å². The summed E-state index contributed by atoms with van der Waals surface area (Å²) in [6.07, 6.45) is -2.91. The second-order valence-corrected chi connectivity index (χ2v) is 6.22. The first-order valence-corrected chi connectivity index (χ1v) is 8.26. The van der Waals surface area contributed by atoms with Crippen LogP contribution in [0.15, 0.2) is 58.4 Å². The van der Waals surface area contributed by atoms with E-state index in [1.54, 1.807) is 18.2 Å². The predicted molar refractivity (Wildman–Crippen MR) is 99.5 cm³/mol. The molecule has 0 radical (unpaired) electrons. The number of alkyl halides is 3. The van der Waals surface area contributed by atoms with Crippen molar-refractivity contribution in [1.29, 1.82) is 0 Å². The Balaban J connectivity index is 1.53. The van der Waals surface area contributed by atoms with E-state index in [9.17, 15) is 22.8 Å². The van der Waals surface area contributed by atoms with Crippen LogP contribution in [0.2, 0.25) is 0 Å². The maximum atomic E-state index is 12.8. The van der Waals surface area contributed by atoms with Gasteiger partial charge >= 0.3 is 6.18 Å². The second kappa shape index (κ2) is 6.52. The van der Waals surface area contributed by atoms with Crippen molar-refractivity contribution < 1.29 is 13.2 Å². The van der Waals surface area contributed by atoms with Crippen molar-refractivity contribution in [3.63, 3.8) is 0 Å². The highest BCUT2D eigenvalue weighted by Crippen LogP contribution is 2.30. The number of halogens is 3. The van der Waals surface area contributed by atoms with Crippen LogP contribution in [0.5, 0.6) is 0 Å². The molecule has 4 aromatic rings. The fraction of sp³-hybridized carbons (Fsp3) is 0.105. The number of aromatic amines is 1. The van der Waals surface area contributed by atoms with E-state index in [4.69, 9.17) is 0 Å². The predicted octanol–water partition coefficient (Wildman–Crippen LogP) is 3.53. The summed E-state index contributed by atoms with van der Waals surface area (Å²) in [6.45, 7) is -0.0259. The van der Waals surface area contributed by atoms with Gasteiger partial charge in [0.1, 0.15) is 11.4 Å². The minimum absolute atomic E-state index is 0.0259. The maximum Gasteiger partial charge on any atom is 0.416 e. The molecule has 0 unspecified atom stereocenters. The molecule has 0 saturated carbocycles. The molecule has 3 N–H and O–H groups in total. The third-order valence-electron chi connectivity index (χ3n) is 4.32. The fourth-order valence-corrected chi connectivity index (χ4v) is 2.88. The number of nitrogens with zero attached hydrogens (tertiary/aromatic N) is 1. The summed E-state index contributed by atoms with van der Waals surface area (Å²) in [5.41, 5.74) is 0.351. The van der Waals surface area contributed by atoms with Crippen LogP contribution in [0.4, 0.5) is 30.2 Å². The molecule has 1 aromatic heterocycles. The topological polar surface area (TPSA) is 86.9 Å².